The third kappa shape index (κ3) is 7.78. The first kappa shape index (κ1) is 37.5. The van der Waals surface area contributed by atoms with Crippen molar-refractivity contribution in [1.29, 1.82) is 0 Å². The van der Waals surface area contributed by atoms with Crippen molar-refractivity contribution in [2.45, 2.75) is 50.2 Å². The number of hydrogen-bond acceptors (Lipinski definition) is 6. The maximum Gasteiger partial charge on any atom is 0.429 e. The van der Waals surface area contributed by atoms with Crippen molar-refractivity contribution >= 4 is 23.6 Å². The van der Waals surface area contributed by atoms with Gasteiger partial charge in [-0.15, -0.1) is 0 Å². The molecule has 1 aromatic heterocycles. The van der Waals surface area contributed by atoms with Crippen molar-refractivity contribution in [2.75, 3.05) is 19.5 Å². The summed E-state index contributed by atoms with van der Waals surface area (Å²) in [6, 6.07) is 4.73. The van der Waals surface area contributed by atoms with Crippen LogP contribution in [0.5, 0.6) is 5.88 Å². The van der Waals surface area contributed by atoms with Crippen LogP contribution in [0.2, 0.25) is 0 Å². The Hall–Kier alpha value is -5.22. The topological polar surface area (TPSA) is 119 Å². The lowest BCUT2D eigenvalue weighted by Crippen LogP contribution is -2.48. The minimum Gasteiger partial charge on any atom is -0.480 e. The van der Waals surface area contributed by atoms with Crippen molar-refractivity contribution in [3.8, 4) is 17.0 Å². The first-order valence-electron chi connectivity index (χ1n) is 16.5. The summed E-state index contributed by atoms with van der Waals surface area (Å²) in [6.07, 6.45) is -8.01. The smallest absolute Gasteiger partial charge is 0.429 e. The van der Waals surface area contributed by atoms with Gasteiger partial charge in [0.05, 0.1) is 18.6 Å². The van der Waals surface area contributed by atoms with Gasteiger partial charge in [-0.1, -0.05) is 17.7 Å². The molecule has 3 fully saturated rings. The van der Waals surface area contributed by atoms with E-state index in [2.05, 4.69) is 26.4 Å². The van der Waals surface area contributed by atoms with Gasteiger partial charge in [0.2, 0.25) is 17.9 Å². The molecule has 282 valence electrons. The number of methoxy groups -OCH3 is 1. The standard InChI is InChI=1S/C36H32F8N4O5/c1-45-34(51)53-30(36(42,43)44)17-5-9-26(37)22(12-17)18-13-24(33(52-2)46-15-18)31(49)48-29-21-8-7-20(23(21)11-16-3-4-16)28(29)32(50)47-19-6-10-27(38)25(14-19)35(39,40)41/h5-6,9-16,20-21,28-30H,3-4,7-8H2,1-2H3,(H,45,51)(H,47,50)(H,48,49)/b23-11-/t20?,21?,28-,29+,30-/m0/s1. The Morgan fingerprint density at radius 1 is 0.925 bits per heavy atom. The largest absolute Gasteiger partial charge is 0.480 e. The summed E-state index contributed by atoms with van der Waals surface area (Å²) in [6.45, 7) is 0. The number of fused-ring (bicyclic) bond motifs is 2. The number of alkyl halides is 6. The van der Waals surface area contributed by atoms with Gasteiger partial charge in [-0.3, -0.25) is 9.59 Å². The fraction of sp³-hybridized carbons (Fsp3) is 0.389. The molecule has 3 amide bonds. The number of halogens is 8. The van der Waals surface area contributed by atoms with Crippen LogP contribution in [0.3, 0.4) is 0 Å². The molecule has 0 saturated heterocycles. The van der Waals surface area contributed by atoms with E-state index in [0.29, 0.717) is 30.9 Å². The molecule has 3 aliphatic carbocycles. The van der Waals surface area contributed by atoms with Crippen LogP contribution in [-0.4, -0.2) is 49.3 Å². The number of benzene rings is 2. The summed E-state index contributed by atoms with van der Waals surface area (Å²) in [5.41, 5.74) is -2.32. The molecule has 9 nitrogen and oxygen atoms in total. The fourth-order valence-electron chi connectivity index (χ4n) is 7.18. The molecule has 5 atom stereocenters. The summed E-state index contributed by atoms with van der Waals surface area (Å²) in [5, 5.41) is 7.24. The number of carbonyl (C=O) groups excluding carboxylic acids is 3. The van der Waals surface area contributed by atoms with Crippen LogP contribution < -0.4 is 20.7 Å². The molecule has 2 unspecified atom stereocenters. The summed E-state index contributed by atoms with van der Waals surface area (Å²) < 4.78 is 121. The molecule has 1 heterocycles. The van der Waals surface area contributed by atoms with E-state index in [1.807, 2.05) is 5.32 Å². The Morgan fingerprint density at radius 3 is 2.26 bits per heavy atom. The van der Waals surface area contributed by atoms with E-state index in [4.69, 9.17) is 4.74 Å². The minimum atomic E-state index is -5.07. The summed E-state index contributed by atoms with van der Waals surface area (Å²) in [5.74, 6) is -5.56. The maximum absolute atomic E-state index is 15.2. The van der Waals surface area contributed by atoms with Crippen LogP contribution >= 0.6 is 0 Å². The van der Waals surface area contributed by atoms with Gasteiger partial charge in [0.25, 0.3) is 5.91 Å². The van der Waals surface area contributed by atoms with Crippen LogP contribution in [0.25, 0.3) is 11.1 Å². The number of hydrogen-bond donors (Lipinski definition) is 3. The quantitative estimate of drug-likeness (QED) is 0.152. The minimum absolute atomic E-state index is 0.135. The maximum atomic E-state index is 15.2. The number of aromatic nitrogens is 1. The van der Waals surface area contributed by atoms with Crippen molar-refractivity contribution in [3.63, 3.8) is 0 Å². The zero-order valence-electron chi connectivity index (χ0n) is 28.0. The number of amides is 3. The van der Waals surface area contributed by atoms with Crippen LogP contribution in [0.1, 0.15) is 53.3 Å². The van der Waals surface area contributed by atoms with Crippen molar-refractivity contribution in [3.05, 3.63) is 88.6 Å². The molecule has 2 aromatic carbocycles. The third-order valence-corrected chi connectivity index (χ3v) is 9.71. The number of rotatable bonds is 9. The van der Waals surface area contributed by atoms with Gasteiger partial charge in [-0.2, -0.15) is 26.3 Å². The number of nitrogens with one attached hydrogen (secondary N) is 3. The Labute approximate surface area is 297 Å². The number of carbonyl (C=O) groups is 3. The zero-order valence-corrected chi connectivity index (χ0v) is 28.0. The molecular formula is C36H32F8N4O5. The molecule has 53 heavy (non-hydrogen) atoms. The average molecular weight is 753 g/mol. The highest BCUT2D eigenvalue weighted by atomic mass is 19.4. The second-order valence-electron chi connectivity index (χ2n) is 13.1. The molecule has 3 N–H and O–H groups in total. The number of alkyl carbamates (subject to hydrolysis) is 1. The predicted molar refractivity (Wildman–Crippen MR) is 172 cm³/mol. The molecule has 3 aromatic rings. The molecule has 3 aliphatic rings. The molecule has 0 aliphatic heterocycles. The highest BCUT2D eigenvalue weighted by Crippen LogP contribution is 2.54. The van der Waals surface area contributed by atoms with Gasteiger partial charge < -0.3 is 25.4 Å². The summed E-state index contributed by atoms with van der Waals surface area (Å²) in [7, 11) is 2.27. The molecule has 17 heteroatoms. The highest BCUT2D eigenvalue weighted by Gasteiger charge is 2.55. The van der Waals surface area contributed by atoms with Gasteiger partial charge in [0.1, 0.15) is 17.2 Å². The van der Waals surface area contributed by atoms with Gasteiger partial charge in [0, 0.05) is 47.6 Å². The van der Waals surface area contributed by atoms with Crippen LogP contribution in [0.4, 0.5) is 45.6 Å². The lowest BCUT2D eigenvalue weighted by atomic mass is 9.83. The molecular weight excluding hydrogens is 720 g/mol. The summed E-state index contributed by atoms with van der Waals surface area (Å²) >= 11 is 0. The highest BCUT2D eigenvalue weighted by molar-refractivity contribution is 5.99. The van der Waals surface area contributed by atoms with Crippen molar-refractivity contribution in [1.82, 2.24) is 15.6 Å². The lowest BCUT2D eigenvalue weighted by molar-refractivity contribution is -0.206. The molecule has 0 spiro atoms. The number of anilines is 1. The second-order valence-corrected chi connectivity index (χ2v) is 13.1. The van der Waals surface area contributed by atoms with E-state index < -0.39 is 76.6 Å². The SMILES string of the molecule is CNC(=O)O[C@@H](c1ccc(F)c(-c2cnc(OC)c(C(=O)N[C@@H]3C4CCC(/C4=C/C4CC4)[C@@H]3C(=O)Nc3ccc(F)c(C(F)(F)F)c3)c2)c1)C(F)(F)F. The lowest BCUT2D eigenvalue weighted by Gasteiger charge is -2.30. The van der Waals surface area contributed by atoms with Crippen LogP contribution in [-0.2, 0) is 15.7 Å². The Morgan fingerprint density at radius 2 is 1.62 bits per heavy atom. The van der Waals surface area contributed by atoms with Crippen LogP contribution in [0.15, 0.2) is 60.3 Å². The average Bonchev–Trinajstić information content (AvgIpc) is 3.78. The Balaban J connectivity index is 1.32. The number of ether oxygens (including phenoxy) is 2. The second kappa shape index (κ2) is 14.3. The molecule has 3 saturated carbocycles. The monoisotopic (exact) mass is 752 g/mol. The van der Waals surface area contributed by atoms with Gasteiger partial charge in [-0.05, 0) is 73.9 Å². The number of pyridine rings is 1. The molecule has 6 rings (SSSR count). The van der Waals surface area contributed by atoms with E-state index in [1.54, 1.807) is 0 Å². The van der Waals surface area contributed by atoms with Crippen molar-refractivity contribution in [2.24, 2.45) is 23.7 Å². The first-order chi connectivity index (χ1) is 25.0. The predicted octanol–water partition coefficient (Wildman–Crippen LogP) is 7.74. The molecule has 0 radical (unpaired) electrons. The van der Waals surface area contributed by atoms with Gasteiger partial charge in [-0.25, -0.2) is 18.6 Å². The zero-order chi connectivity index (χ0) is 38.4. The van der Waals surface area contributed by atoms with Gasteiger partial charge in [0.15, 0.2) is 0 Å². The first-order valence-corrected chi connectivity index (χ1v) is 16.5. The summed E-state index contributed by atoms with van der Waals surface area (Å²) in [4.78, 5) is 43.6. The third-order valence-electron chi connectivity index (χ3n) is 9.71. The van der Waals surface area contributed by atoms with E-state index in [-0.39, 0.29) is 34.5 Å². The fourth-order valence-corrected chi connectivity index (χ4v) is 7.18. The van der Waals surface area contributed by atoms with Crippen molar-refractivity contribution < 1.29 is 59.0 Å². The van der Waals surface area contributed by atoms with E-state index >= 15 is 4.39 Å². The molecule has 2 bridgehead atoms. The Kier molecular flexibility index (Phi) is 10.1. The Bertz CT molecular complexity index is 1960. The normalized spacial score (nSPS) is 22.3. The van der Waals surface area contributed by atoms with E-state index in [0.717, 1.165) is 62.0 Å². The van der Waals surface area contributed by atoms with Crippen LogP contribution in [0, 0.1) is 35.3 Å². The van der Waals surface area contributed by atoms with E-state index in [1.165, 1.54) is 7.11 Å². The number of allylic oxidation sites excluding steroid dienone is 1. The van der Waals surface area contributed by atoms with E-state index in [9.17, 15) is 45.1 Å². The number of nitrogens with zero attached hydrogens (tertiary/aromatic N) is 1. The van der Waals surface area contributed by atoms with Gasteiger partial charge >= 0.3 is 18.4 Å².